The molecule has 1 aromatic carbocycles. The highest BCUT2D eigenvalue weighted by Gasteiger charge is 2.37. The van der Waals surface area contributed by atoms with Crippen LogP contribution in [0.1, 0.15) is 51.8 Å². The smallest absolute Gasteiger partial charge is 0.336 e. The maximum Gasteiger partial charge on any atom is 0.336 e. The van der Waals surface area contributed by atoms with Crippen molar-refractivity contribution in [2.24, 2.45) is 29.4 Å². The molecule has 1 heterocycles. The molecule has 0 saturated heterocycles. The van der Waals surface area contributed by atoms with Gasteiger partial charge >= 0.3 is 5.69 Å². The van der Waals surface area contributed by atoms with Crippen molar-refractivity contribution in [1.82, 2.24) is 9.13 Å². The Balaban J connectivity index is 0.00000300. The van der Waals surface area contributed by atoms with Crippen LogP contribution in [0.15, 0.2) is 23.0 Å². The van der Waals surface area contributed by atoms with Crippen molar-refractivity contribution in [3.63, 3.8) is 0 Å². The molecule has 29 heavy (non-hydrogen) atoms. The molecule has 6 nitrogen and oxygen atoms in total. The van der Waals surface area contributed by atoms with Crippen LogP contribution in [0, 0.1) is 23.7 Å². The summed E-state index contributed by atoms with van der Waals surface area (Å²) in [5, 5.41) is 0. The third kappa shape index (κ3) is 4.56. The number of nitrogens with zero attached hydrogens (tertiary/aromatic N) is 2. The minimum atomic E-state index is -0.292. The minimum Gasteiger partial charge on any atom is -0.494 e. The summed E-state index contributed by atoms with van der Waals surface area (Å²) in [6.45, 7) is 9.72. The predicted molar refractivity (Wildman–Crippen MR) is 122 cm³/mol. The average Bonchev–Trinajstić information content (AvgIpc) is 2.93. The molecule has 0 radical (unpaired) electrons. The van der Waals surface area contributed by atoms with Gasteiger partial charge in [0.05, 0.1) is 17.6 Å². The summed E-state index contributed by atoms with van der Waals surface area (Å²) in [7, 11) is 0. The molecule has 0 bridgehead atoms. The second kappa shape index (κ2) is 9.85. The van der Waals surface area contributed by atoms with E-state index in [1.165, 1.54) is 4.57 Å². The molecule has 0 aliphatic heterocycles. The molecule has 0 spiro atoms. The number of benzene rings is 1. The third-order valence-electron chi connectivity index (χ3n) is 6.12. The second-order valence-electron chi connectivity index (χ2n) is 8.41. The molecule has 1 aliphatic rings. The molecular formula is C22H35N3O3S. The third-order valence-corrected chi connectivity index (χ3v) is 6.12. The van der Waals surface area contributed by atoms with Crippen molar-refractivity contribution >= 4 is 30.4 Å². The Kier molecular flexibility index (Phi) is 8.00. The zero-order valence-electron chi connectivity index (χ0n) is 18.0. The molecule has 1 aliphatic carbocycles. The Bertz CT molecular complexity index is 903. The van der Waals surface area contributed by atoms with Crippen LogP contribution < -0.4 is 16.2 Å². The first-order valence-electron chi connectivity index (χ1n) is 10.5. The number of carbonyl (C=O) groups is 1. The normalized spacial score (nSPS) is 21.9. The summed E-state index contributed by atoms with van der Waals surface area (Å²) < 4.78 is 8.59. The van der Waals surface area contributed by atoms with E-state index in [1.807, 2.05) is 25.1 Å². The van der Waals surface area contributed by atoms with Crippen LogP contribution in [0.5, 0.6) is 5.75 Å². The largest absolute Gasteiger partial charge is 0.494 e. The summed E-state index contributed by atoms with van der Waals surface area (Å²) >= 11 is 0. The van der Waals surface area contributed by atoms with Crippen LogP contribution in [-0.2, 0) is 6.54 Å². The van der Waals surface area contributed by atoms with Gasteiger partial charge < -0.3 is 10.5 Å². The summed E-state index contributed by atoms with van der Waals surface area (Å²) in [5.74, 6) is 1.73. The summed E-state index contributed by atoms with van der Waals surface area (Å²) in [5.41, 5.74) is 6.80. The van der Waals surface area contributed by atoms with Gasteiger partial charge in [-0.15, -0.1) is 0 Å². The second-order valence-corrected chi connectivity index (χ2v) is 8.41. The van der Waals surface area contributed by atoms with Crippen LogP contribution in [0.2, 0.25) is 0 Å². The van der Waals surface area contributed by atoms with E-state index in [4.69, 9.17) is 10.5 Å². The van der Waals surface area contributed by atoms with E-state index in [-0.39, 0.29) is 31.0 Å². The van der Waals surface area contributed by atoms with E-state index in [0.29, 0.717) is 54.2 Å². The lowest BCUT2D eigenvalue weighted by Crippen LogP contribution is -2.40. The topological polar surface area (TPSA) is 79.2 Å². The highest BCUT2D eigenvalue weighted by molar-refractivity contribution is 7.59. The van der Waals surface area contributed by atoms with Gasteiger partial charge in [0, 0.05) is 25.1 Å². The summed E-state index contributed by atoms with van der Waals surface area (Å²) in [6.07, 6.45) is 3.03. The minimum absolute atomic E-state index is 0. The number of fused-ring (bicyclic) bond motifs is 1. The number of hydrogen-bond donors (Lipinski definition) is 1. The SMILES string of the molecule is CCOc1ccc2c(c1)n(CCN)c(=O)n2C(=O)[C@@H]1C[C@H](C)CC[C@H]1C(C)C.S. The van der Waals surface area contributed by atoms with Gasteiger partial charge in [-0.2, -0.15) is 13.5 Å². The number of rotatable bonds is 6. The van der Waals surface area contributed by atoms with E-state index in [1.54, 1.807) is 4.57 Å². The number of hydrogen-bond acceptors (Lipinski definition) is 4. The Hall–Kier alpha value is -1.73. The van der Waals surface area contributed by atoms with Crippen LogP contribution in [0.25, 0.3) is 11.0 Å². The standard InChI is InChI=1S/C22H33N3O3.H2S/c1-5-28-16-7-9-19-20(13-16)24(11-10-23)22(27)25(19)21(26)18-12-15(4)6-8-17(18)14(2)3;/h7,9,13-15,17-18H,5-6,8,10-12,23H2,1-4H3;1H2/t15-,17+,18-;/m1./s1. The lowest BCUT2D eigenvalue weighted by atomic mass is 9.69. The van der Waals surface area contributed by atoms with Crippen molar-refractivity contribution in [2.75, 3.05) is 13.2 Å². The first-order chi connectivity index (χ1) is 13.4. The maximum absolute atomic E-state index is 13.6. The lowest BCUT2D eigenvalue weighted by Gasteiger charge is -2.36. The van der Waals surface area contributed by atoms with Crippen molar-refractivity contribution in [2.45, 2.75) is 53.5 Å². The van der Waals surface area contributed by atoms with E-state index in [0.717, 1.165) is 19.3 Å². The van der Waals surface area contributed by atoms with Crippen LogP contribution in [0.4, 0.5) is 0 Å². The van der Waals surface area contributed by atoms with Crippen molar-refractivity contribution in [1.29, 1.82) is 0 Å². The van der Waals surface area contributed by atoms with Gasteiger partial charge in [-0.1, -0.05) is 27.2 Å². The number of nitrogens with two attached hydrogens (primary N) is 1. The molecule has 3 atom stereocenters. The first kappa shape index (κ1) is 23.5. The number of ether oxygens (including phenoxy) is 1. The molecule has 2 aromatic rings. The van der Waals surface area contributed by atoms with Crippen molar-refractivity contribution in [3.05, 3.63) is 28.7 Å². The van der Waals surface area contributed by atoms with Crippen LogP contribution >= 0.6 is 13.5 Å². The van der Waals surface area contributed by atoms with E-state index >= 15 is 0 Å². The highest BCUT2D eigenvalue weighted by atomic mass is 32.1. The molecule has 0 unspecified atom stereocenters. The Labute approximate surface area is 179 Å². The zero-order valence-corrected chi connectivity index (χ0v) is 19.0. The fourth-order valence-corrected chi connectivity index (χ4v) is 4.70. The van der Waals surface area contributed by atoms with E-state index < -0.39 is 0 Å². The monoisotopic (exact) mass is 421 g/mol. The van der Waals surface area contributed by atoms with Gasteiger partial charge in [0.1, 0.15) is 5.75 Å². The lowest BCUT2D eigenvalue weighted by molar-refractivity contribution is 0.0633. The molecule has 1 saturated carbocycles. The molecule has 1 fully saturated rings. The molecule has 7 heteroatoms. The number of carbonyl (C=O) groups excluding carboxylic acids is 1. The van der Waals surface area contributed by atoms with Gasteiger partial charge in [0.15, 0.2) is 0 Å². The molecule has 1 aromatic heterocycles. The fourth-order valence-electron chi connectivity index (χ4n) is 4.70. The van der Waals surface area contributed by atoms with Crippen molar-refractivity contribution < 1.29 is 9.53 Å². The molecule has 162 valence electrons. The molecule has 3 rings (SSSR count). The van der Waals surface area contributed by atoms with Gasteiger partial charge in [-0.3, -0.25) is 9.36 Å². The Morgan fingerprint density at radius 2 is 2.00 bits per heavy atom. The fraction of sp³-hybridized carbons (Fsp3) is 0.636. The van der Waals surface area contributed by atoms with Gasteiger partial charge in [0.2, 0.25) is 5.91 Å². The van der Waals surface area contributed by atoms with E-state index in [9.17, 15) is 9.59 Å². The zero-order chi connectivity index (χ0) is 20.4. The van der Waals surface area contributed by atoms with Gasteiger partial charge in [0.25, 0.3) is 0 Å². The number of aromatic nitrogens is 2. The summed E-state index contributed by atoms with van der Waals surface area (Å²) in [4.78, 5) is 26.8. The quantitative estimate of drug-likeness (QED) is 0.773. The maximum atomic E-state index is 13.6. The average molecular weight is 422 g/mol. The van der Waals surface area contributed by atoms with E-state index in [2.05, 4.69) is 20.8 Å². The van der Waals surface area contributed by atoms with Crippen LogP contribution in [-0.4, -0.2) is 28.2 Å². The first-order valence-corrected chi connectivity index (χ1v) is 10.5. The Morgan fingerprint density at radius 3 is 2.62 bits per heavy atom. The van der Waals surface area contributed by atoms with Crippen LogP contribution in [0.3, 0.4) is 0 Å². The number of imidazole rings is 1. The molecule has 0 amide bonds. The summed E-state index contributed by atoms with van der Waals surface area (Å²) in [6, 6.07) is 5.48. The molecular weight excluding hydrogens is 386 g/mol. The highest BCUT2D eigenvalue weighted by Crippen LogP contribution is 2.39. The van der Waals surface area contributed by atoms with Gasteiger partial charge in [-0.25, -0.2) is 9.36 Å². The Morgan fingerprint density at radius 1 is 1.28 bits per heavy atom. The van der Waals surface area contributed by atoms with Crippen molar-refractivity contribution in [3.8, 4) is 5.75 Å². The predicted octanol–water partition coefficient (Wildman–Crippen LogP) is 3.62. The molecule has 2 N–H and O–H groups in total. The van der Waals surface area contributed by atoms with Gasteiger partial charge in [-0.05, 0) is 49.7 Å².